The number of benzene rings is 2. The van der Waals surface area contributed by atoms with Crippen molar-refractivity contribution in [3.63, 3.8) is 0 Å². The number of carbonyl (C=O) groups excluding carboxylic acids is 3. The lowest BCUT2D eigenvalue weighted by Gasteiger charge is -2.35. The summed E-state index contributed by atoms with van der Waals surface area (Å²) >= 11 is 5.96. The second kappa shape index (κ2) is 11.0. The molecule has 0 bridgehead atoms. The minimum absolute atomic E-state index is 0.236. The predicted molar refractivity (Wildman–Crippen MR) is 128 cm³/mol. The maximum absolute atomic E-state index is 12.8. The predicted octanol–water partition coefficient (Wildman–Crippen LogP) is 5.30. The molecule has 1 atom stereocenters. The molecule has 0 aliphatic carbocycles. The van der Waals surface area contributed by atoms with E-state index in [0.29, 0.717) is 39.7 Å². The number of esters is 1. The van der Waals surface area contributed by atoms with Crippen LogP contribution in [0.4, 0.5) is 10.5 Å². The summed E-state index contributed by atoms with van der Waals surface area (Å²) in [5.74, 6) is -0.745. The third kappa shape index (κ3) is 5.73. The summed E-state index contributed by atoms with van der Waals surface area (Å²) in [6.07, 6.45) is 1.75. The van der Waals surface area contributed by atoms with E-state index < -0.39 is 12.0 Å². The maximum Gasteiger partial charge on any atom is 0.338 e. The minimum Gasteiger partial charge on any atom is -0.463 e. The summed E-state index contributed by atoms with van der Waals surface area (Å²) < 4.78 is 5.28. The number of ether oxygens (including phenoxy) is 1. The highest BCUT2D eigenvalue weighted by Gasteiger charge is 2.36. The quantitative estimate of drug-likeness (QED) is 0.514. The van der Waals surface area contributed by atoms with Gasteiger partial charge in [-0.2, -0.15) is 0 Å². The average molecular weight is 470 g/mol. The molecule has 8 heteroatoms. The smallest absolute Gasteiger partial charge is 0.338 e. The summed E-state index contributed by atoms with van der Waals surface area (Å²) in [6, 6.07) is 12.8. The number of hydrogen-bond acceptors (Lipinski definition) is 4. The zero-order valence-electron chi connectivity index (χ0n) is 19.0. The monoisotopic (exact) mass is 469 g/mol. The van der Waals surface area contributed by atoms with Gasteiger partial charge in [-0.1, -0.05) is 43.1 Å². The van der Waals surface area contributed by atoms with Crippen LogP contribution in [-0.2, 0) is 9.53 Å². The van der Waals surface area contributed by atoms with Gasteiger partial charge in [0.25, 0.3) is 5.91 Å². The Morgan fingerprint density at radius 1 is 1.15 bits per heavy atom. The number of amides is 3. The van der Waals surface area contributed by atoms with Crippen LogP contribution in [0.3, 0.4) is 0 Å². The highest BCUT2D eigenvalue weighted by Crippen LogP contribution is 2.32. The Labute approximate surface area is 198 Å². The first kappa shape index (κ1) is 24.3. The third-order valence-electron chi connectivity index (χ3n) is 5.42. The molecule has 0 fully saturated rings. The van der Waals surface area contributed by atoms with Crippen molar-refractivity contribution < 1.29 is 19.1 Å². The standard InChI is InChI=1S/C25H28ClN3O4/c1-4-6-14-29-16(3)21(24(31)33-5-2)22(28-25(29)32)17-10-12-20(13-11-17)27-23(30)18-8-7-9-19(26)15-18/h7-13,15,22H,4-6,14H2,1-3H3,(H,27,30)(H,28,32). The van der Waals surface area contributed by atoms with E-state index in [2.05, 4.69) is 10.6 Å². The molecule has 0 spiro atoms. The Morgan fingerprint density at radius 3 is 2.52 bits per heavy atom. The van der Waals surface area contributed by atoms with Crippen molar-refractivity contribution in [2.24, 2.45) is 0 Å². The van der Waals surface area contributed by atoms with Crippen LogP contribution in [0.2, 0.25) is 5.02 Å². The lowest BCUT2D eigenvalue weighted by molar-refractivity contribution is -0.139. The molecule has 0 aromatic heterocycles. The molecule has 0 saturated heterocycles. The molecule has 2 N–H and O–H groups in total. The molecule has 2 aromatic rings. The van der Waals surface area contributed by atoms with Crippen LogP contribution in [0.5, 0.6) is 0 Å². The van der Waals surface area contributed by atoms with Crippen LogP contribution in [0.25, 0.3) is 0 Å². The second-order valence-electron chi connectivity index (χ2n) is 7.69. The molecular formula is C25H28ClN3O4. The molecule has 33 heavy (non-hydrogen) atoms. The number of allylic oxidation sites excluding steroid dienone is 1. The number of urea groups is 1. The molecule has 7 nitrogen and oxygen atoms in total. The number of hydrogen-bond donors (Lipinski definition) is 2. The fraction of sp³-hybridized carbons (Fsp3) is 0.320. The number of anilines is 1. The van der Waals surface area contributed by atoms with E-state index >= 15 is 0 Å². The van der Waals surface area contributed by atoms with Gasteiger partial charge in [-0.05, 0) is 56.2 Å². The van der Waals surface area contributed by atoms with Gasteiger partial charge in [0.15, 0.2) is 0 Å². The van der Waals surface area contributed by atoms with Crippen molar-refractivity contribution >= 4 is 35.2 Å². The van der Waals surface area contributed by atoms with Gasteiger partial charge in [-0.15, -0.1) is 0 Å². The van der Waals surface area contributed by atoms with E-state index in [-0.39, 0.29) is 18.5 Å². The number of unbranched alkanes of at least 4 members (excludes halogenated alkanes) is 1. The second-order valence-corrected chi connectivity index (χ2v) is 8.13. The molecule has 0 radical (unpaired) electrons. The van der Waals surface area contributed by atoms with E-state index in [1.807, 2.05) is 6.92 Å². The normalized spacial score (nSPS) is 15.8. The topological polar surface area (TPSA) is 87.7 Å². The first-order chi connectivity index (χ1) is 15.8. The van der Waals surface area contributed by atoms with E-state index in [9.17, 15) is 14.4 Å². The SMILES string of the molecule is CCCCN1C(=O)NC(c2ccc(NC(=O)c3cccc(Cl)c3)cc2)C(C(=O)OCC)=C1C. The molecule has 2 aromatic carbocycles. The van der Waals surface area contributed by atoms with Crippen molar-refractivity contribution in [1.82, 2.24) is 10.2 Å². The van der Waals surface area contributed by atoms with Crippen LogP contribution in [0.15, 0.2) is 59.8 Å². The average Bonchev–Trinajstić information content (AvgIpc) is 2.79. The van der Waals surface area contributed by atoms with E-state index in [1.54, 1.807) is 67.3 Å². The van der Waals surface area contributed by atoms with Gasteiger partial charge in [0, 0.05) is 28.5 Å². The van der Waals surface area contributed by atoms with Crippen molar-refractivity contribution in [1.29, 1.82) is 0 Å². The Balaban J connectivity index is 1.85. The number of carbonyl (C=O) groups is 3. The Morgan fingerprint density at radius 2 is 1.88 bits per heavy atom. The largest absolute Gasteiger partial charge is 0.463 e. The molecule has 3 amide bonds. The summed E-state index contributed by atoms with van der Waals surface area (Å²) in [5.41, 5.74) is 2.73. The third-order valence-corrected chi connectivity index (χ3v) is 5.65. The Kier molecular flexibility index (Phi) is 8.11. The van der Waals surface area contributed by atoms with Crippen LogP contribution in [0.1, 0.15) is 55.6 Å². The van der Waals surface area contributed by atoms with Gasteiger partial charge in [0.05, 0.1) is 18.2 Å². The van der Waals surface area contributed by atoms with E-state index in [0.717, 1.165) is 12.8 Å². The summed E-state index contributed by atoms with van der Waals surface area (Å²) in [6.45, 7) is 6.32. The van der Waals surface area contributed by atoms with Crippen molar-refractivity contribution in [2.75, 3.05) is 18.5 Å². The number of nitrogens with zero attached hydrogens (tertiary/aromatic N) is 1. The molecule has 1 aliphatic rings. The highest BCUT2D eigenvalue weighted by atomic mass is 35.5. The zero-order chi connectivity index (χ0) is 24.0. The van der Waals surface area contributed by atoms with E-state index in [4.69, 9.17) is 16.3 Å². The fourth-order valence-electron chi connectivity index (χ4n) is 3.68. The van der Waals surface area contributed by atoms with Crippen LogP contribution in [0, 0.1) is 0 Å². The van der Waals surface area contributed by atoms with Gasteiger partial charge in [-0.3, -0.25) is 9.69 Å². The molecule has 3 rings (SSSR count). The molecular weight excluding hydrogens is 442 g/mol. The van der Waals surface area contributed by atoms with Gasteiger partial charge in [0.2, 0.25) is 0 Å². The van der Waals surface area contributed by atoms with Crippen molar-refractivity contribution in [3.8, 4) is 0 Å². The van der Waals surface area contributed by atoms with Crippen LogP contribution in [-0.4, -0.2) is 36.0 Å². The molecule has 1 aliphatic heterocycles. The number of nitrogens with one attached hydrogen (secondary N) is 2. The van der Waals surface area contributed by atoms with Crippen molar-refractivity contribution in [3.05, 3.63) is 76.0 Å². The first-order valence-corrected chi connectivity index (χ1v) is 11.4. The number of halogens is 1. The summed E-state index contributed by atoms with van der Waals surface area (Å²) in [5, 5.41) is 6.23. The Bertz CT molecular complexity index is 1070. The molecule has 1 heterocycles. The Hall–Kier alpha value is -3.32. The van der Waals surface area contributed by atoms with Crippen molar-refractivity contribution in [2.45, 2.75) is 39.7 Å². The van der Waals surface area contributed by atoms with Crippen LogP contribution >= 0.6 is 11.6 Å². The van der Waals surface area contributed by atoms with Gasteiger partial charge in [-0.25, -0.2) is 9.59 Å². The summed E-state index contributed by atoms with van der Waals surface area (Å²) in [4.78, 5) is 39.6. The zero-order valence-corrected chi connectivity index (χ0v) is 19.7. The minimum atomic E-state index is -0.646. The van der Waals surface area contributed by atoms with Gasteiger partial charge in [0.1, 0.15) is 0 Å². The highest BCUT2D eigenvalue weighted by molar-refractivity contribution is 6.31. The number of rotatable bonds is 8. The molecule has 1 unspecified atom stereocenters. The lowest BCUT2D eigenvalue weighted by atomic mass is 9.94. The summed E-state index contributed by atoms with van der Waals surface area (Å²) in [7, 11) is 0. The maximum atomic E-state index is 12.8. The fourth-order valence-corrected chi connectivity index (χ4v) is 3.87. The van der Waals surface area contributed by atoms with E-state index in [1.165, 1.54) is 0 Å². The lowest BCUT2D eigenvalue weighted by Crippen LogP contribution is -2.48. The van der Waals surface area contributed by atoms with Gasteiger partial charge < -0.3 is 15.4 Å². The van der Waals surface area contributed by atoms with Gasteiger partial charge >= 0.3 is 12.0 Å². The first-order valence-electron chi connectivity index (χ1n) is 11.0. The molecule has 0 saturated carbocycles. The van der Waals surface area contributed by atoms with Crippen LogP contribution < -0.4 is 10.6 Å². The molecule has 174 valence electrons.